The molecule has 0 radical (unpaired) electrons. The highest BCUT2D eigenvalue weighted by molar-refractivity contribution is 8.13. The number of benzene rings is 1. The Hall–Kier alpha value is -1.35. The van der Waals surface area contributed by atoms with Crippen molar-refractivity contribution >= 4 is 16.9 Å². The van der Waals surface area contributed by atoms with Crippen LogP contribution in [0.25, 0.3) is 0 Å². The molecule has 2 unspecified atom stereocenters. The van der Waals surface area contributed by atoms with E-state index in [4.69, 9.17) is 5.26 Å². The lowest BCUT2D eigenvalue weighted by Gasteiger charge is -2.19. The minimum atomic E-state index is -1.11. The minimum Gasteiger partial charge on any atom is -0.390 e. The fourth-order valence-electron chi connectivity index (χ4n) is 1.71. The predicted octanol–water partition coefficient (Wildman–Crippen LogP) is 1.93. The van der Waals surface area contributed by atoms with Gasteiger partial charge in [0.25, 0.3) is 0 Å². The van der Waals surface area contributed by atoms with Gasteiger partial charge in [0.15, 0.2) is 5.12 Å². The van der Waals surface area contributed by atoms with Gasteiger partial charge in [0, 0.05) is 18.2 Å². The maximum Gasteiger partial charge on any atom is 0.185 e. The number of hydrogen-bond acceptors (Lipinski definition) is 5. The average molecular weight is 279 g/mol. The molecular weight excluding hydrogens is 262 g/mol. The van der Waals surface area contributed by atoms with E-state index in [-0.39, 0.29) is 5.12 Å². The number of aliphatic hydroxyl groups excluding tert-OH is 2. The maximum absolute atomic E-state index is 10.8. The van der Waals surface area contributed by atoms with Gasteiger partial charge in [0.1, 0.15) is 6.10 Å². The Bertz CT molecular complexity index is 496. The second-order valence-electron chi connectivity index (χ2n) is 4.34. The molecule has 1 aromatic carbocycles. The Balaban J connectivity index is 2.74. The lowest BCUT2D eigenvalue weighted by atomic mass is 9.96. The third kappa shape index (κ3) is 4.67. The van der Waals surface area contributed by atoms with Gasteiger partial charge in [-0.25, -0.2) is 0 Å². The molecule has 0 aliphatic heterocycles. The summed E-state index contributed by atoms with van der Waals surface area (Å²) < 4.78 is 0. The number of aryl methyl sites for hydroxylation is 1. The molecule has 0 aromatic heterocycles. The number of hydrogen-bond donors (Lipinski definition) is 2. The van der Waals surface area contributed by atoms with E-state index < -0.39 is 12.2 Å². The molecule has 2 atom stereocenters. The van der Waals surface area contributed by atoms with Gasteiger partial charge in [-0.2, -0.15) is 5.26 Å². The second kappa shape index (κ2) is 7.29. The molecule has 0 saturated carbocycles. The van der Waals surface area contributed by atoms with Crippen LogP contribution in [0.15, 0.2) is 18.2 Å². The summed E-state index contributed by atoms with van der Waals surface area (Å²) in [6, 6.07) is 7.13. The van der Waals surface area contributed by atoms with Crippen LogP contribution in [0.1, 0.15) is 36.1 Å². The van der Waals surface area contributed by atoms with E-state index in [0.29, 0.717) is 23.3 Å². The molecule has 0 amide bonds. The first-order chi connectivity index (χ1) is 8.95. The van der Waals surface area contributed by atoms with Gasteiger partial charge >= 0.3 is 0 Å². The van der Waals surface area contributed by atoms with Crippen LogP contribution < -0.4 is 0 Å². The standard InChI is InChI=1S/C14H17NO3S/c1-9-3-4-12(11(7-9)8-15)14(18)13(17)5-6-19-10(2)16/h3-4,7,13-14,17-18H,5-6H2,1-2H3. The first kappa shape index (κ1) is 15.7. The predicted molar refractivity (Wildman–Crippen MR) is 74.6 cm³/mol. The minimum absolute atomic E-state index is 0.0188. The van der Waals surface area contributed by atoms with Crippen LogP contribution in [-0.4, -0.2) is 27.2 Å². The van der Waals surface area contributed by atoms with Crippen LogP contribution >= 0.6 is 11.8 Å². The molecule has 0 heterocycles. The van der Waals surface area contributed by atoms with Crippen molar-refractivity contribution in [3.8, 4) is 6.07 Å². The Morgan fingerprint density at radius 2 is 2.16 bits per heavy atom. The van der Waals surface area contributed by atoms with Gasteiger partial charge in [0.05, 0.1) is 17.7 Å². The molecule has 0 fully saturated rings. The number of carbonyl (C=O) groups excluding carboxylic acids is 1. The smallest absolute Gasteiger partial charge is 0.185 e. The lowest BCUT2D eigenvalue weighted by molar-refractivity contribution is -0.109. The maximum atomic E-state index is 10.8. The van der Waals surface area contributed by atoms with E-state index in [1.807, 2.05) is 13.0 Å². The van der Waals surface area contributed by atoms with E-state index in [1.165, 1.54) is 6.92 Å². The zero-order valence-corrected chi connectivity index (χ0v) is 11.8. The fraction of sp³-hybridized carbons (Fsp3) is 0.429. The summed E-state index contributed by atoms with van der Waals surface area (Å²) in [5.41, 5.74) is 1.72. The van der Waals surface area contributed by atoms with Crippen LogP contribution in [-0.2, 0) is 4.79 Å². The first-order valence-corrected chi connectivity index (χ1v) is 6.94. The highest BCUT2D eigenvalue weighted by Crippen LogP contribution is 2.24. The number of nitrogens with zero attached hydrogens (tertiary/aromatic N) is 1. The van der Waals surface area contributed by atoms with Gasteiger partial charge in [0.2, 0.25) is 0 Å². The average Bonchev–Trinajstić information content (AvgIpc) is 2.37. The van der Waals surface area contributed by atoms with Gasteiger partial charge in [-0.1, -0.05) is 23.9 Å². The van der Waals surface area contributed by atoms with E-state index in [9.17, 15) is 15.0 Å². The summed E-state index contributed by atoms with van der Waals surface area (Å²) in [4.78, 5) is 10.8. The number of aliphatic hydroxyl groups is 2. The van der Waals surface area contributed by atoms with Crippen molar-refractivity contribution in [1.82, 2.24) is 0 Å². The molecule has 19 heavy (non-hydrogen) atoms. The van der Waals surface area contributed by atoms with Gasteiger partial charge < -0.3 is 10.2 Å². The molecule has 0 aliphatic rings. The van der Waals surface area contributed by atoms with Gasteiger partial charge in [-0.05, 0) is 25.0 Å². The van der Waals surface area contributed by atoms with Crippen molar-refractivity contribution in [1.29, 1.82) is 5.26 Å². The van der Waals surface area contributed by atoms with Crippen molar-refractivity contribution in [3.05, 3.63) is 34.9 Å². The molecule has 1 aromatic rings. The van der Waals surface area contributed by atoms with Crippen molar-refractivity contribution < 1.29 is 15.0 Å². The van der Waals surface area contributed by atoms with E-state index >= 15 is 0 Å². The normalized spacial score (nSPS) is 13.6. The molecule has 5 heteroatoms. The highest BCUT2D eigenvalue weighted by atomic mass is 32.2. The molecule has 102 valence electrons. The van der Waals surface area contributed by atoms with E-state index in [1.54, 1.807) is 18.2 Å². The Labute approximate surface area is 117 Å². The van der Waals surface area contributed by atoms with Crippen molar-refractivity contribution in [2.45, 2.75) is 32.5 Å². The summed E-state index contributed by atoms with van der Waals surface area (Å²) in [6.45, 7) is 3.32. The van der Waals surface area contributed by atoms with Crippen LogP contribution in [0.2, 0.25) is 0 Å². The molecule has 1 rings (SSSR count). The summed E-state index contributed by atoms with van der Waals surface area (Å²) in [5, 5.41) is 29.0. The fourth-order valence-corrected chi connectivity index (χ4v) is 2.36. The van der Waals surface area contributed by atoms with E-state index in [0.717, 1.165) is 17.3 Å². The van der Waals surface area contributed by atoms with E-state index in [2.05, 4.69) is 0 Å². The molecule has 2 N–H and O–H groups in total. The van der Waals surface area contributed by atoms with Crippen molar-refractivity contribution in [2.24, 2.45) is 0 Å². The second-order valence-corrected chi connectivity index (χ2v) is 5.62. The zero-order valence-electron chi connectivity index (χ0n) is 11.0. The van der Waals surface area contributed by atoms with Crippen molar-refractivity contribution in [3.63, 3.8) is 0 Å². The van der Waals surface area contributed by atoms with Crippen LogP contribution in [0.3, 0.4) is 0 Å². The van der Waals surface area contributed by atoms with Crippen molar-refractivity contribution in [2.75, 3.05) is 5.75 Å². The lowest BCUT2D eigenvalue weighted by Crippen LogP contribution is -2.20. The summed E-state index contributed by atoms with van der Waals surface area (Å²) >= 11 is 1.11. The Morgan fingerprint density at radius 3 is 2.74 bits per heavy atom. The number of thioether (sulfide) groups is 1. The quantitative estimate of drug-likeness (QED) is 0.860. The highest BCUT2D eigenvalue weighted by Gasteiger charge is 2.21. The topological polar surface area (TPSA) is 81.3 Å². The molecule has 0 spiro atoms. The Kier molecular flexibility index (Phi) is 6.03. The number of rotatable bonds is 5. The Morgan fingerprint density at radius 1 is 1.47 bits per heavy atom. The molecule has 0 saturated heterocycles. The summed E-state index contributed by atoms with van der Waals surface area (Å²) in [6.07, 6.45) is -1.80. The summed E-state index contributed by atoms with van der Waals surface area (Å²) in [7, 11) is 0. The summed E-state index contributed by atoms with van der Waals surface area (Å²) in [5.74, 6) is 0.446. The molecular formula is C14H17NO3S. The molecule has 4 nitrogen and oxygen atoms in total. The van der Waals surface area contributed by atoms with Crippen LogP contribution in [0, 0.1) is 18.3 Å². The first-order valence-electron chi connectivity index (χ1n) is 5.96. The van der Waals surface area contributed by atoms with Crippen LogP contribution in [0.5, 0.6) is 0 Å². The van der Waals surface area contributed by atoms with Gasteiger partial charge in [-0.3, -0.25) is 4.79 Å². The van der Waals surface area contributed by atoms with Crippen LogP contribution in [0.4, 0.5) is 0 Å². The third-order valence-electron chi connectivity index (χ3n) is 2.73. The monoisotopic (exact) mass is 279 g/mol. The van der Waals surface area contributed by atoms with Gasteiger partial charge in [-0.15, -0.1) is 0 Å². The number of carbonyl (C=O) groups is 1. The largest absolute Gasteiger partial charge is 0.390 e. The molecule has 0 bridgehead atoms. The zero-order chi connectivity index (χ0) is 14.4. The third-order valence-corrected chi connectivity index (χ3v) is 3.58. The molecule has 0 aliphatic carbocycles. The number of nitriles is 1. The SMILES string of the molecule is CC(=O)SCCC(O)C(O)c1ccc(C)cc1C#N.